The average molecular weight is 364 g/mol. The van der Waals surface area contributed by atoms with Crippen LogP contribution < -0.4 is 5.32 Å². The molecule has 0 saturated carbocycles. The Morgan fingerprint density at radius 2 is 2.08 bits per heavy atom. The number of hydrogen-bond acceptors (Lipinski definition) is 5. The molecular formula is C19H16N4O2S. The average Bonchev–Trinajstić information content (AvgIpc) is 3.31. The van der Waals surface area contributed by atoms with E-state index in [-0.39, 0.29) is 12.5 Å². The van der Waals surface area contributed by atoms with Crippen molar-refractivity contribution < 1.29 is 9.53 Å². The summed E-state index contributed by atoms with van der Waals surface area (Å²) in [6, 6.07) is 17.4. The van der Waals surface area contributed by atoms with Gasteiger partial charge in [-0.3, -0.25) is 9.89 Å². The number of rotatable bonds is 6. The van der Waals surface area contributed by atoms with Crippen molar-refractivity contribution in [2.24, 2.45) is 0 Å². The lowest BCUT2D eigenvalue weighted by Crippen LogP contribution is -2.18. The summed E-state index contributed by atoms with van der Waals surface area (Å²) >= 11 is 1.58. The van der Waals surface area contributed by atoms with Crippen LogP contribution in [0.3, 0.4) is 0 Å². The van der Waals surface area contributed by atoms with Crippen LogP contribution in [0.4, 0.5) is 5.69 Å². The molecule has 2 N–H and O–H groups in total. The minimum Gasteiger partial charge on any atom is -0.364 e. The number of aromatic nitrogens is 3. The normalized spacial score (nSPS) is 10.9. The molecule has 2 aromatic carbocycles. The number of amides is 1. The van der Waals surface area contributed by atoms with Crippen LogP contribution in [0, 0.1) is 0 Å². The number of hydrogen-bond donors (Lipinski definition) is 2. The summed E-state index contributed by atoms with van der Waals surface area (Å²) in [5, 5.41) is 10.5. The van der Waals surface area contributed by atoms with Crippen LogP contribution in [0.5, 0.6) is 0 Å². The fourth-order valence-corrected chi connectivity index (χ4v) is 3.50. The van der Waals surface area contributed by atoms with Gasteiger partial charge in [-0.1, -0.05) is 24.3 Å². The smallest absolute Gasteiger partial charge is 0.250 e. The zero-order valence-electron chi connectivity index (χ0n) is 13.8. The number of carbonyl (C=O) groups is 1. The number of benzene rings is 2. The van der Waals surface area contributed by atoms with Crippen molar-refractivity contribution >= 4 is 33.1 Å². The van der Waals surface area contributed by atoms with Crippen molar-refractivity contribution in [1.82, 2.24) is 15.2 Å². The number of thiazole rings is 1. The molecule has 1 amide bonds. The van der Waals surface area contributed by atoms with Crippen LogP contribution in [0.15, 0.2) is 60.8 Å². The highest BCUT2D eigenvalue weighted by atomic mass is 32.1. The Bertz CT molecular complexity index is 994. The zero-order chi connectivity index (χ0) is 17.8. The molecule has 7 heteroatoms. The molecule has 0 bridgehead atoms. The molecule has 26 heavy (non-hydrogen) atoms. The van der Waals surface area contributed by atoms with Crippen LogP contribution in [-0.2, 0) is 16.1 Å². The number of carbonyl (C=O) groups excluding carboxylic acids is 1. The monoisotopic (exact) mass is 364 g/mol. The van der Waals surface area contributed by atoms with E-state index in [0.29, 0.717) is 12.3 Å². The van der Waals surface area contributed by atoms with Crippen LogP contribution in [0.2, 0.25) is 0 Å². The number of ether oxygens (including phenoxy) is 1. The largest absolute Gasteiger partial charge is 0.364 e. The predicted molar refractivity (Wildman–Crippen MR) is 102 cm³/mol. The van der Waals surface area contributed by atoms with E-state index in [1.165, 1.54) is 0 Å². The van der Waals surface area contributed by atoms with Gasteiger partial charge in [0, 0.05) is 17.4 Å². The third-order valence-electron chi connectivity index (χ3n) is 3.75. The molecule has 0 saturated heterocycles. The fourth-order valence-electron chi connectivity index (χ4n) is 2.59. The van der Waals surface area contributed by atoms with Gasteiger partial charge in [0.25, 0.3) is 0 Å². The molecule has 4 rings (SSSR count). The standard InChI is InChI=1S/C19H16N4O2S/c24-18(11-25-12-19-22-16-6-1-2-7-17(16)26-19)21-14-5-3-4-13(10-14)15-8-9-20-23-15/h1-10H,11-12H2,(H,20,23)(H,21,24). The van der Waals surface area contributed by atoms with E-state index in [0.717, 1.165) is 26.5 Å². The lowest BCUT2D eigenvalue weighted by molar-refractivity contribution is -0.121. The van der Waals surface area contributed by atoms with Gasteiger partial charge in [0.1, 0.15) is 11.6 Å². The van der Waals surface area contributed by atoms with E-state index in [9.17, 15) is 4.79 Å². The molecule has 0 radical (unpaired) electrons. The Kier molecular flexibility index (Phi) is 4.72. The Balaban J connectivity index is 1.32. The molecule has 0 fully saturated rings. The lowest BCUT2D eigenvalue weighted by Gasteiger charge is -2.07. The van der Waals surface area contributed by atoms with Gasteiger partial charge in [-0.15, -0.1) is 11.3 Å². The lowest BCUT2D eigenvalue weighted by atomic mass is 10.1. The molecule has 6 nitrogen and oxygen atoms in total. The van der Waals surface area contributed by atoms with Gasteiger partial charge < -0.3 is 10.1 Å². The van der Waals surface area contributed by atoms with Crippen molar-refractivity contribution in [2.45, 2.75) is 6.61 Å². The van der Waals surface area contributed by atoms with Gasteiger partial charge >= 0.3 is 0 Å². The quantitative estimate of drug-likeness (QED) is 0.545. The Labute approximate surface area is 153 Å². The number of fused-ring (bicyclic) bond motifs is 1. The first-order chi connectivity index (χ1) is 12.8. The number of nitrogens with one attached hydrogen (secondary N) is 2. The zero-order valence-corrected chi connectivity index (χ0v) is 14.6. The highest BCUT2D eigenvalue weighted by Gasteiger charge is 2.07. The van der Waals surface area contributed by atoms with Gasteiger partial charge in [-0.2, -0.15) is 5.10 Å². The van der Waals surface area contributed by atoms with Gasteiger partial charge in [-0.25, -0.2) is 4.98 Å². The molecule has 4 aromatic rings. The number of H-pyrrole nitrogens is 1. The van der Waals surface area contributed by atoms with Crippen LogP contribution >= 0.6 is 11.3 Å². The first kappa shape index (κ1) is 16.4. The summed E-state index contributed by atoms with van der Waals surface area (Å²) in [6.45, 7) is 0.297. The molecule has 2 heterocycles. The summed E-state index contributed by atoms with van der Waals surface area (Å²) in [5.74, 6) is -0.201. The van der Waals surface area contributed by atoms with E-state index in [4.69, 9.17) is 4.74 Å². The molecule has 0 aliphatic carbocycles. The number of anilines is 1. The highest BCUT2D eigenvalue weighted by molar-refractivity contribution is 7.18. The molecule has 0 unspecified atom stereocenters. The number of para-hydroxylation sites is 1. The minimum absolute atomic E-state index is 0.0236. The van der Waals surface area contributed by atoms with Gasteiger partial charge in [-0.05, 0) is 30.3 Å². The highest BCUT2D eigenvalue weighted by Crippen LogP contribution is 2.22. The van der Waals surface area contributed by atoms with E-state index < -0.39 is 0 Å². The van der Waals surface area contributed by atoms with Crippen molar-refractivity contribution in [1.29, 1.82) is 0 Å². The van der Waals surface area contributed by atoms with Gasteiger partial charge in [0.05, 0.1) is 22.5 Å². The maximum atomic E-state index is 12.1. The Hall–Kier alpha value is -3.03. The van der Waals surface area contributed by atoms with E-state index >= 15 is 0 Å². The van der Waals surface area contributed by atoms with E-state index in [1.54, 1.807) is 17.5 Å². The predicted octanol–water partition coefficient (Wildman–Crippen LogP) is 3.84. The third kappa shape index (κ3) is 3.79. The van der Waals surface area contributed by atoms with Crippen LogP contribution in [0.25, 0.3) is 21.5 Å². The van der Waals surface area contributed by atoms with Gasteiger partial charge in [0.15, 0.2) is 0 Å². The van der Waals surface area contributed by atoms with Crippen LogP contribution in [-0.4, -0.2) is 27.7 Å². The van der Waals surface area contributed by atoms with E-state index in [2.05, 4.69) is 20.5 Å². The van der Waals surface area contributed by atoms with Crippen molar-refractivity contribution in [3.05, 3.63) is 65.8 Å². The molecule has 0 spiro atoms. The Morgan fingerprint density at radius 1 is 1.15 bits per heavy atom. The van der Waals surface area contributed by atoms with E-state index in [1.807, 2.05) is 54.6 Å². The molecule has 130 valence electrons. The SMILES string of the molecule is O=C(COCc1nc2ccccc2s1)Nc1cccc(-c2ccn[nH]2)c1. The number of nitrogens with zero attached hydrogens (tertiary/aromatic N) is 2. The fraction of sp³-hybridized carbons (Fsp3) is 0.105. The van der Waals surface area contributed by atoms with Gasteiger partial charge in [0.2, 0.25) is 5.91 Å². The summed E-state index contributed by atoms with van der Waals surface area (Å²) in [5.41, 5.74) is 3.52. The molecule has 0 aliphatic heterocycles. The minimum atomic E-state index is -0.201. The second-order valence-corrected chi connectivity index (χ2v) is 6.78. The van der Waals surface area contributed by atoms with Crippen molar-refractivity contribution in [3.63, 3.8) is 0 Å². The molecule has 0 atom stereocenters. The second-order valence-electron chi connectivity index (χ2n) is 5.67. The first-order valence-corrected chi connectivity index (χ1v) is 8.91. The first-order valence-electron chi connectivity index (χ1n) is 8.10. The Morgan fingerprint density at radius 3 is 2.92 bits per heavy atom. The summed E-state index contributed by atoms with van der Waals surface area (Å²) in [6.07, 6.45) is 1.69. The topological polar surface area (TPSA) is 79.9 Å². The number of aromatic amines is 1. The maximum Gasteiger partial charge on any atom is 0.250 e. The van der Waals surface area contributed by atoms with Crippen molar-refractivity contribution in [3.8, 4) is 11.3 Å². The summed E-state index contributed by atoms with van der Waals surface area (Å²) in [7, 11) is 0. The molecular weight excluding hydrogens is 348 g/mol. The second kappa shape index (κ2) is 7.47. The van der Waals surface area contributed by atoms with Crippen molar-refractivity contribution in [2.75, 3.05) is 11.9 Å². The molecule has 0 aliphatic rings. The van der Waals surface area contributed by atoms with Crippen LogP contribution in [0.1, 0.15) is 5.01 Å². The maximum absolute atomic E-state index is 12.1. The summed E-state index contributed by atoms with van der Waals surface area (Å²) < 4.78 is 6.62. The third-order valence-corrected chi connectivity index (χ3v) is 4.76. The summed E-state index contributed by atoms with van der Waals surface area (Å²) in [4.78, 5) is 16.6. The molecule has 2 aromatic heterocycles.